The number of hydrogen-bond donors (Lipinski definition) is 2. The zero-order valence-corrected chi connectivity index (χ0v) is 12.9. The van der Waals surface area contributed by atoms with Crippen molar-refractivity contribution in [3.05, 3.63) is 46.6 Å². The fourth-order valence-corrected chi connectivity index (χ4v) is 2.12. The molecule has 22 heavy (non-hydrogen) atoms. The Morgan fingerprint density at radius 3 is 2.59 bits per heavy atom. The first-order valence-corrected chi connectivity index (χ1v) is 7.41. The molecule has 0 saturated carbocycles. The minimum Gasteiger partial charge on any atom is -0.348 e. The first kappa shape index (κ1) is 16.0. The third kappa shape index (κ3) is 3.82. The van der Waals surface area contributed by atoms with Crippen molar-refractivity contribution >= 4 is 5.91 Å². The lowest BCUT2D eigenvalue weighted by atomic mass is 10.3. The third-order valence-electron chi connectivity index (χ3n) is 3.44. The molecule has 2 N–H and O–H groups in total. The van der Waals surface area contributed by atoms with Crippen LogP contribution in [-0.2, 0) is 0 Å². The Balaban J connectivity index is 2.01. The molecule has 1 aromatic heterocycles. The van der Waals surface area contributed by atoms with E-state index in [0.717, 1.165) is 19.6 Å². The van der Waals surface area contributed by atoms with Gasteiger partial charge in [0.1, 0.15) is 0 Å². The zero-order chi connectivity index (χ0) is 15.9. The van der Waals surface area contributed by atoms with Gasteiger partial charge in [-0.25, -0.2) is 4.79 Å². The Morgan fingerprint density at radius 2 is 1.95 bits per heavy atom. The van der Waals surface area contributed by atoms with Crippen molar-refractivity contribution in [2.24, 2.45) is 0 Å². The molecule has 0 aliphatic carbocycles. The lowest BCUT2D eigenvalue weighted by Crippen LogP contribution is -2.35. The average Bonchev–Trinajstić information content (AvgIpc) is 2.94. The number of benzene rings is 1. The Bertz CT molecular complexity index is 658. The molecule has 7 nitrogen and oxygen atoms in total. The van der Waals surface area contributed by atoms with E-state index >= 15 is 0 Å². The summed E-state index contributed by atoms with van der Waals surface area (Å²) in [7, 11) is 0. The van der Waals surface area contributed by atoms with Crippen LogP contribution in [0.15, 0.2) is 35.1 Å². The van der Waals surface area contributed by atoms with Gasteiger partial charge in [0.05, 0.1) is 5.69 Å². The SMILES string of the molecule is CCN(CC)CCNC(=O)c1nn(-c2ccccc2)c(=O)[nH]1. The molecule has 0 aliphatic heterocycles. The molecule has 118 valence electrons. The second-order valence-electron chi connectivity index (χ2n) is 4.81. The Morgan fingerprint density at radius 1 is 1.27 bits per heavy atom. The predicted octanol–water partition coefficient (Wildman–Crippen LogP) is 0.632. The quantitative estimate of drug-likeness (QED) is 0.786. The summed E-state index contributed by atoms with van der Waals surface area (Å²) in [4.78, 5) is 28.6. The number of carbonyl (C=O) groups excluding carboxylic acids is 1. The van der Waals surface area contributed by atoms with E-state index in [1.165, 1.54) is 4.68 Å². The number of aromatic nitrogens is 3. The highest BCUT2D eigenvalue weighted by Crippen LogP contribution is 2.01. The van der Waals surface area contributed by atoms with Gasteiger partial charge in [0.15, 0.2) is 0 Å². The van der Waals surface area contributed by atoms with Crippen LogP contribution in [0.5, 0.6) is 0 Å². The van der Waals surface area contributed by atoms with Gasteiger partial charge in [-0.3, -0.25) is 9.78 Å². The third-order valence-corrected chi connectivity index (χ3v) is 3.44. The summed E-state index contributed by atoms with van der Waals surface area (Å²) in [6.07, 6.45) is 0. The van der Waals surface area contributed by atoms with Crippen molar-refractivity contribution in [2.75, 3.05) is 26.2 Å². The van der Waals surface area contributed by atoms with Gasteiger partial charge in [0.25, 0.3) is 5.91 Å². The highest BCUT2D eigenvalue weighted by atomic mass is 16.2. The van der Waals surface area contributed by atoms with Crippen molar-refractivity contribution in [1.82, 2.24) is 25.0 Å². The number of nitrogens with zero attached hydrogens (tertiary/aromatic N) is 3. The maximum Gasteiger partial charge on any atom is 0.348 e. The molecule has 1 amide bonds. The summed E-state index contributed by atoms with van der Waals surface area (Å²) in [5.74, 6) is -0.354. The average molecular weight is 303 g/mol. The van der Waals surface area contributed by atoms with Gasteiger partial charge in [-0.2, -0.15) is 4.68 Å². The van der Waals surface area contributed by atoms with Crippen molar-refractivity contribution in [3.8, 4) is 5.69 Å². The standard InChI is InChI=1S/C15H21N5O2/c1-3-19(4-2)11-10-16-14(21)13-17-15(22)20(18-13)12-8-6-5-7-9-12/h5-9H,3-4,10-11H2,1-2H3,(H,16,21)(H,17,18,22). The molecular weight excluding hydrogens is 282 g/mol. The smallest absolute Gasteiger partial charge is 0.348 e. The topological polar surface area (TPSA) is 83.0 Å². The van der Waals surface area contributed by atoms with Gasteiger partial charge in [0.2, 0.25) is 5.82 Å². The maximum absolute atomic E-state index is 12.0. The first-order valence-electron chi connectivity index (χ1n) is 7.41. The number of nitrogens with one attached hydrogen (secondary N) is 2. The van der Waals surface area contributed by atoms with Crippen molar-refractivity contribution < 1.29 is 4.79 Å². The summed E-state index contributed by atoms with van der Waals surface area (Å²) >= 11 is 0. The van der Waals surface area contributed by atoms with Crippen LogP contribution in [0.1, 0.15) is 24.5 Å². The molecule has 0 saturated heterocycles. The molecule has 2 rings (SSSR count). The van der Waals surface area contributed by atoms with Crippen molar-refractivity contribution in [3.63, 3.8) is 0 Å². The van der Waals surface area contributed by atoms with Crippen LogP contribution in [0, 0.1) is 0 Å². The van der Waals surface area contributed by atoms with Crippen LogP contribution in [-0.4, -0.2) is 51.8 Å². The summed E-state index contributed by atoms with van der Waals surface area (Å²) in [6, 6.07) is 8.97. The fourth-order valence-electron chi connectivity index (χ4n) is 2.12. The second kappa shape index (κ2) is 7.56. The Labute approximate surface area is 129 Å². The van der Waals surface area contributed by atoms with Crippen molar-refractivity contribution in [2.45, 2.75) is 13.8 Å². The van der Waals surface area contributed by atoms with E-state index in [0.29, 0.717) is 12.2 Å². The summed E-state index contributed by atoms with van der Waals surface area (Å²) in [5, 5.41) is 6.80. The maximum atomic E-state index is 12.0. The van der Waals surface area contributed by atoms with Crippen LogP contribution in [0.2, 0.25) is 0 Å². The highest BCUT2D eigenvalue weighted by molar-refractivity contribution is 5.90. The Kier molecular flexibility index (Phi) is 5.48. The van der Waals surface area contributed by atoms with E-state index in [1.807, 2.05) is 6.07 Å². The van der Waals surface area contributed by atoms with Crippen molar-refractivity contribution in [1.29, 1.82) is 0 Å². The molecule has 0 atom stereocenters. The number of hydrogen-bond acceptors (Lipinski definition) is 4. The number of para-hydroxylation sites is 1. The molecule has 1 aromatic carbocycles. The number of rotatable bonds is 7. The van der Waals surface area contributed by atoms with Gasteiger partial charge in [-0.05, 0) is 25.2 Å². The summed E-state index contributed by atoms with van der Waals surface area (Å²) in [5.41, 5.74) is 0.186. The normalized spacial score (nSPS) is 10.9. The molecule has 2 aromatic rings. The molecule has 0 spiro atoms. The summed E-state index contributed by atoms with van der Waals surface area (Å²) in [6.45, 7) is 7.30. The van der Waals surface area contributed by atoms with E-state index in [9.17, 15) is 9.59 Å². The minimum atomic E-state index is -0.430. The Hall–Kier alpha value is -2.41. The van der Waals surface area contributed by atoms with E-state index in [1.54, 1.807) is 24.3 Å². The monoisotopic (exact) mass is 303 g/mol. The van der Waals surface area contributed by atoms with Gasteiger partial charge in [-0.1, -0.05) is 32.0 Å². The van der Waals surface area contributed by atoms with E-state index in [4.69, 9.17) is 0 Å². The molecule has 0 aliphatic rings. The molecule has 0 fully saturated rings. The molecule has 0 bridgehead atoms. The lowest BCUT2D eigenvalue weighted by molar-refractivity contribution is 0.0938. The fraction of sp³-hybridized carbons (Fsp3) is 0.400. The first-order chi connectivity index (χ1) is 10.7. The molecule has 0 radical (unpaired) electrons. The van der Waals surface area contributed by atoms with E-state index in [2.05, 4.69) is 34.1 Å². The number of carbonyl (C=O) groups is 1. The molecule has 0 unspecified atom stereocenters. The largest absolute Gasteiger partial charge is 0.348 e. The highest BCUT2D eigenvalue weighted by Gasteiger charge is 2.13. The molecule has 1 heterocycles. The van der Waals surface area contributed by atoms with E-state index in [-0.39, 0.29) is 11.7 Å². The molecule has 7 heteroatoms. The van der Waals surface area contributed by atoms with Gasteiger partial charge < -0.3 is 10.2 Å². The van der Waals surface area contributed by atoms with Crippen LogP contribution < -0.4 is 11.0 Å². The molecular formula is C15H21N5O2. The van der Waals surface area contributed by atoms with Gasteiger partial charge >= 0.3 is 5.69 Å². The van der Waals surface area contributed by atoms with Gasteiger partial charge in [-0.15, -0.1) is 5.10 Å². The van der Waals surface area contributed by atoms with Crippen LogP contribution >= 0.6 is 0 Å². The van der Waals surface area contributed by atoms with Crippen LogP contribution in [0.4, 0.5) is 0 Å². The second-order valence-corrected chi connectivity index (χ2v) is 4.81. The minimum absolute atomic E-state index is 0.0217. The lowest BCUT2D eigenvalue weighted by Gasteiger charge is -2.17. The van der Waals surface area contributed by atoms with E-state index < -0.39 is 5.69 Å². The van der Waals surface area contributed by atoms with Crippen LogP contribution in [0.25, 0.3) is 5.69 Å². The predicted molar refractivity (Wildman–Crippen MR) is 84.3 cm³/mol. The van der Waals surface area contributed by atoms with Crippen LogP contribution in [0.3, 0.4) is 0 Å². The zero-order valence-electron chi connectivity index (χ0n) is 12.9. The number of H-pyrrole nitrogens is 1. The number of aromatic amines is 1. The number of amides is 1. The number of likely N-dealkylation sites (N-methyl/N-ethyl adjacent to an activating group) is 1. The summed E-state index contributed by atoms with van der Waals surface area (Å²) < 4.78 is 1.18. The van der Waals surface area contributed by atoms with Gasteiger partial charge in [0, 0.05) is 13.1 Å².